The van der Waals surface area contributed by atoms with Gasteiger partial charge in [0.25, 0.3) is 5.91 Å². The number of hydrogen-bond donors (Lipinski definition) is 2. The molecule has 1 fully saturated rings. The van der Waals surface area contributed by atoms with Crippen LogP contribution in [-0.2, 0) is 20.9 Å². The van der Waals surface area contributed by atoms with Crippen molar-refractivity contribution in [2.75, 3.05) is 6.61 Å². The standard InChI is InChI=1S/C29H32FN5O4/c1-5-39-28(38)19-13-20(14-19)32-27(37)25(29(2,3)4)33-26(36)24-21-8-6-7-9-23(21)35(34-24)16-18-11-10-17(15-31)12-22(18)30/h6-12,19-20,25H,5,13-14,16H2,1-4H3,(H,32,37)(H,33,36)/t19?,20?,25-/m1/s1. The number of para-hydroxylation sites is 1. The van der Waals surface area contributed by atoms with Crippen LogP contribution >= 0.6 is 0 Å². The van der Waals surface area contributed by atoms with Crippen molar-refractivity contribution in [1.29, 1.82) is 5.26 Å². The van der Waals surface area contributed by atoms with Crippen molar-refractivity contribution >= 4 is 28.7 Å². The first-order valence-corrected chi connectivity index (χ1v) is 12.9. The van der Waals surface area contributed by atoms with Crippen LogP contribution in [0.25, 0.3) is 10.9 Å². The van der Waals surface area contributed by atoms with Gasteiger partial charge in [0.2, 0.25) is 5.91 Å². The lowest BCUT2D eigenvalue weighted by molar-refractivity contribution is -0.152. The first kappa shape index (κ1) is 27.8. The van der Waals surface area contributed by atoms with E-state index < -0.39 is 23.2 Å². The molecule has 4 rings (SSSR count). The predicted molar refractivity (Wildman–Crippen MR) is 142 cm³/mol. The summed E-state index contributed by atoms with van der Waals surface area (Å²) in [6.07, 6.45) is 0.993. The molecule has 1 heterocycles. The minimum atomic E-state index is -0.869. The number of aromatic nitrogens is 2. The van der Waals surface area contributed by atoms with Gasteiger partial charge in [-0.1, -0.05) is 45.0 Å². The van der Waals surface area contributed by atoms with E-state index in [1.54, 1.807) is 31.2 Å². The van der Waals surface area contributed by atoms with Crippen LogP contribution in [0.1, 0.15) is 62.2 Å². The molecule has 1 aliphatic carbocycles. The van der Waals surface area contributed by atoms with E-state index in [0.29, 0.717) is 35.9 Å². The Bertz CT molecular complexity index is 1450. The molecule has 2 aromatic carbocycles. The Kier molecular flexibility index (Phi) is 8.00. The molecule has 39 heavy (non-hydrogen) atoms. The molecule has 3 aromatic rings. The number of nitrogens with zero attached hydrogens (tertiary/aromatic N) is 3. The van der Waals surface area contributed by atoms with Crippen molar-refractivity contribution in [2.24, 2.45) is 11.3 Å². The summed E-state index contributed by atoms with van der Waals surface area (Å²) in [6, 6.07) is 12.2. The highest BCUT2D eigenvalue weighted by atomic mass is 19.1. The summed E-state index contributed by atoms with van der Waals surface area (Å²) >= 11 is 0. The van der Waals surface area contributed by atoms with Gasteiger partial charge in [-0.3, -0.25) is 19.1 Å². The Morgan fingerprint density at radius 3 is 2.56 bits per heavy atom. The first-order chi connectivity index (χ1) is 18.5. The Hall–Kier alpha value is -4.26. The quantitative estimate of drug-likeness (QED) is 0.425. The Labute approximate surface area is 226 Å². The van der Waals surface area contributed by atoms with Crippen molar-refractivity contribution in [3.05, 3.63) is 65.1 Å². The number of nitriles is 1. The highest BCUT2D eigenvalue weighted by molar-refractivity contribution is 6.06. The van der Waals surface area contributed by atoms with Gasteiger partial charge >= 0.3 is 5.97 Å². The van der Waals surface area contributed by atoms with Gasteiger partial charge in [0.15, 0.2) is 5.69 Å². The van der Waals surface area contributed by atoms with Crippen LogP contribution in [0.5, 0.6) is 0 Å². The molecule has 1 aromatic heterocycles. The molecule has 1 saturated carbocycles. The zero-order chi connectivity index (χ0) is 28.3. The third kappa shape index (κ3) is 6.08. The molecule has 204 valence electrons. The molecule has 0 bridgehead atoms. The van der Waals surface area contributed by atoms with Crippen molar-refractivity contribution in [3.63, 3.8) is 0 Å². The highest BCUT2D eigenvalue weighted by Gasteiger charge is 2.40. The van der Waals surface area contributed by atoms with Gasteiger partial charge in [0, 0.05) is 17.0 Å². The van der Waals surface area contributed by atoms with Gasteiger partial charge in [0.1, 0.15) is 11.9 Å². The van der Waals surface area contributed by atoms with Gasteiger partial charge in [-0.05, 0) is 43.4 Å². The normalized spacial score (nSPS) is 17.5. The summed E-state index contributed by atoms with van der Waals surface area (Å²) in [5.74, 6) is -1.89. The molecule has 9 nitrogen and oxygen atoms in total. The van der Waals surface area contributed by atoms with E-state index in [4.69, 9.17) is 10.00 Å². The number of nitrogens with one attached hydrogen (secondary N) is 2. The fraction of sp³-hybridized carbons (Fsp3) is 0.414. The topological polar surface area (TPSA) is 126 Å². The number of carbonyl (C=O) groups is 3. The van der Waals surface area contributed by atoms with Crippen LogP contribution in [0.15, 0.2) is 42.5 Å². The molecular formula is C29H32FN5O4. The van der Waals surface area contributed by atoms with Crippen LogP contribution in [0.4, 0.5) is 4.39 Å². The molecule has 0 radical (unpaired) electrons. The van der Waals surface area contributed by atoms with E-state index >= 15 is 0 Å². The van der Waals surface area contributed by atoms with Crippen LogP contribution in [0.2, 0.25) is 0 Å². The molecule has 0 aliphatic heterocycles. The maximum absolute atomic E-state index is 14.6. The molecule has 0 saturated heterocycles. The molecule has 0 unspecified atom stereocenters. The molecule has 2 N–H and O–H groups in total. The number of benzene rings is 2. The molecule has 2 amide bonds. The van der Waals surface area contributed by atoms with Crippen LogP contribution in [0.3, 0.4) is 0 Å². The molecule has 0 spiro atoms. The second-order valence-corrected chi connectivity index (χ2v) is 10.8. The minimum absolute atomic E-state index is 0.0534. The number of rotatable bonds is 8. The van der Waals surface area contributed by atoms with Crippen molar-refractivity contribution in [1.82, 2.24) is 20.4 Å². The molecule has 10 heteroatoms. The largest absolute Gasteiger partial charge is 0.466 e. The van der Waals surface area contributed by atoms with Crippen molar-refractivity contribution in [2.45, 2.75) is 59.2 Å². The highest BCUT2D eigenvalue weighted by Crippen LogP contribution is 2.30. The zero-order valence-electron chi connectivity index (χ0n) is 22.5. The number of carbonyl (C=O) groups excluding carboxylic acids is 3. The molecule has 1 aliphatic rings. The third-order valence-corrected chi connectivity index (χ3v) is 6.88. The van der Waals surface area contributed by atoms with Gasteiger partial charge in [-0.2, -0.15) is 10.4 Å². The van der Waals surface area contributed by atoms with Crippen molar-refractivity contribution < 1.29 is 23.5 Å². The monoisotopic (exact) mass is 533 g/mol. The Morgan fingerprint density at radius 1 is 1.21 bits per heavy atom. The average Bonchev–Trinajstić information content (AvgIpc) is 3.23. The number of halogens is 1. The summed E-state index contributed by atoms with van der Waals surface area (Å²) in [4.78, 5) is 38.6. The number of amides is 2. The third-order valence-electron chi connectivity index (χ3n) is 6.88. The van der Waals surface area contributed by atoms with Crippen LogP contribution in [-0.4, -0.2) is 46.3 Å². The van der Waals surface area contributed by atoms with E-state index in [1.807, 2.05) is 26.8 Å². The second kappa shape index (κ2) is 11.2. The lowest BCUT2D eigenvalue weighted by Crippen LogP contribution is -2.57. The maximum Gasteiger partial charge on any atom is 0.309 e. The van der Waals surface area contributed by atoms with E-state index in [2.05, 4.69) is 15.7 Å². The number of ether oxygens (including phenoxy) is 1. The van der Waals surface area contributed by atoms with Gasteiger partial charge in [-0.15, -0.1) is 0 Å². The van der Waals surface area contributed by atoms with Crippen LogP contribution < -0.4 is 10.6 Å². The maximum atomic E-state index is 14.6. The molecular weight excluding hydrogens is 501 g/mol. The summed E-state index contributed by atoms with van der Waals surface area (Å²) < 4.78 is 21.2. The van der Waals surface area contributed by atoms with E-state index in [9.17, 15) is 18.8 Å². The SMILES string of the molecule is CCOC(=O)C1CC(NC(=O)[C@@H](NC(=O)c2nn(Cc3ccc(C#N)cc3F)c3ccccc23)C(C)(C)C)C1. The number of hydrogen-bond acceptors (Lipinski definition) is 6. The predicted octanol–water partition coefficient (Wildman–Crippen LogP) is 3.70. The fourth-order valence-electron chi connectivity index (χ4n) is 4.67. The smallest absolute Gasteiger partial charge is 0.309 e. The summed E-state index contributed by atoms with van der Waals surface area (Å²) in [5.41, 5.74) is 0.665. The van der Waals surface area contributed by atoms with Gasteiger partial charge in [-0.25, -0.2) is 4.39 Å². The average molecular weight is 534 g/mol. The second-order valence-electron chi connectivity index (χ2n) is 10.8. The number of esters is 1. The Balaban J connectivity index is 1.52. The van der Waals surface area contributed by atoms with E-state index in [0.717, 1.165) is 6.07 Å². The summed E-state index contributed by atoms with van der Waals surface area (Å²) in [5, 5.41) is 19.9. The summed E-state index contributed by atoms with van der Waals surface area (Å²) in [6.45, 7) is 7.68. The van der Waals surface area contributed by atoms with Crippen molar-refractivity contribution in [3.8, 4) is 6.07 Å². The summed E-state index contributed by atoms with van der Waals surface area (Å²) in [7, 11) is 0. The van der Waals surface area contributed by atoms with Gasteiger partial charge in [0.05, 0.1) is 36.2 Å². The van der Waals surface area contributed by atoms with Gasteiger partial charge < -0.3 is 15.4 Å². The number of fused-ring (bicyclic) bond motifs is 1. The molecule has 1 atom stereocenters. The van der Waals surface area contributed by atoms with E-state index in [1.165, 1.54) is 16.8 Å². The van der Waals surface area contributed by atoms with Crippen LogP contribution in [0, 0.1) is 28.5 Å². The lowest BCUT2D eigenvalue weighted by atomic mass is 9.79. The lowest BCUT2D eigenvalue weighted by Gasteiger charge is -2.37. The Morgan fingerprint density at radius 2 is 1.92 bits per heavy atom. The zero-order valence-corrected chi connectivity index (χ0v) is 22.5. The fourth-order valence-corrected chi connectivity index (χ4v) is 4.67. The first-order valence-electron chi connectivity index (χ1n) is 12.9. The van der Waals surface area contributed by atoms with E-state index in [-0.39, 0.29) is 41.6 Å². The minimum Gasteiger partial charge on any atom is -0.466 e.